The lowest BCUT2D eigenvalue weighted by Crippen LogP contribution is -2.38. The molecule has 2 N–H and O–H groups in total. The Kier molecular flexibility index (Phi) is 7.47. The van der Waals surface area contributed by atoms with E-state index in [-0.39, 0.29) is 5.92 Å². The number of benzene rings is 1. The van der Waals surface area contributed by atoms with E-state index in [0.717, 1.165) is 24.1 Å². The normalized spacial score (nSPS) is 22.4. The molecule has 0 spiro atoms. The number of nitrogens with one attached hydrogen (secondary N) is 2. The van der Waals surface area contributed by atoms with Crippen LogP contribution in [0.1, 0.15) is 35.8 Å². The highest BCUT2D eigenvalue weighted by Crippen LogP contribution is 2.44. The molecule has 0 unspecified atom stereocenters. The minimum atomic E-state index is -2.67. The molecule has 1 amide bonds. The van der Waals surface area contributed by atoms with E-state index in [4.69, 9.17) is 21.1 Å². The highest BCUT2D eigenvalue weighted by molar-refractivity contribution is 8.04. The van der Waals surface area contributed by atoms with Crippen molar-refractivity contribution in [1.82, 2.24) is 14.8 Å². The summed E-state index contributed by atoms with van der Waals surface area (Å²) in [6.07, 6.45) is 3.39. The first kappa shape index (κ1) is 27.7. The molecule has 6 rings (SSSR count). The molecule has 218 valence electrons. The molecule has 0 radical (unpaired) electrons. The van der Waals surface area contributed by atoms with Crippen LogP contribution in [0, 0.1) is 12.8 Å². The standard InChI is InChI=1S/C28H34ClN7O4S/c1-17-5-4-8-40-27-20(15-30-35(27)3)23-14-19(13-18(2)31-23)26(37)33-28-32-22-7-6-21(24(29)25(22)36(28)16-17)34-41(38)11-9-39-10-12-41/h6-7,13-15,17,41H,4-5,8-12,16H2,1-3H3,(H,34,38)(H,32,33,37)/t17-/m1/s1. The van der Waals surface area contributed by atoms with Crippen molar-refractivity contribution in [1.29, 1.82) is 0 Å². The van der Waals surface area contributed by atoms with Crippen LogP contribution in [-0.2, 0) is 21.9 Å². The summed E-state index contributed by atoms with van der Waals surface area (Å²) in [5, 5.41) is 8.10. The van der Waals surface area contributed by atoms with Gasteiger partial charge in [-0.1, -0.05) is 18.5 Å². The van der Waals surface area contributed by atoms with Crippen molar-refractivity contribution in [2.75, 3.05) is 52.8 Å². The van der Waals surface area contributed by atoms with Gasteiger partial charge in [-0.25, -0.2) is 4.68 Å². The van der Waals surface area contributed by atoms with Crippen molar-refractivity contribution in [3.63, 3.8) is 0 Å². The van der Waals surface area contributed by atoms with E-state index in [1.54, 1.807) is 23.0 Å². The predicted molar refractivity (Wildman–Crippen MR) is 163 cm³/mol. The van der Waals surface area contributed by atoms with Gasteiger partial charge in [-0.2, -0.15) is 10.1 Å². The number of fused-ring (bicyclic) bond motifs is 7. The number of pyridine rings is 1. The zero-order valence-corrected chi connectivity index (χ0v) is 25.0. The number of carbonyl (C=O) groups excluding carboxylic acids is 1. The Hall–Kier alpha value is -3.48. The van der Waals surface area contributed by atoms with E-state index in [1.807, 2.05) is 31.0 Å². The molecule has 1 saturated heterocycles. The van der Waals surface area contributed by atoms with Crippen LogP contribution >= 0.6 is 11.6 Å². The molecule has 11 nitrogen and oxygen atoms in total. The minimum Gasteiger partial charge on any atom is -0.477 e. The number of aromatic nitrogens is 3. The highest BCUT2D eigenvalue weighted by Gasteiger charge is 2.32. The number of guanidine groups is 1. The third kappa shape index (κ3) is 5.55. The van der Waals surface area contributed by atoms with E-state index in [1.165, 1.54) is 0 Å². The zero-order valence-electron chi connectivity index (χ0n) is 23.3. The van der Waals surface area contributed by atoms with Crippen LogP contribution in [0.4, 0.5) is 17.1 Å². The fourth-order valence-corrected chi connectivity index (χ4v) is 7.71. The first-order valence-corrected chi connectivity index (χ1v) is 16.2. The van der Waals surface area contributed by atoms with Gasteiger partial charge in [0.15, 0.2) is 0 Å². The van der Waals surface area contributed by atoms with E-state index in [0.29, 0.717) is 83.1 Å². The number of halogens is 1. The molecule has 2 bridgehead atoms. The topological polar surface area (TPSA) is 123 Å². The maximum Gasteiger partial charge on any atom is 0.280 e. The van der Waals surface area contributed by atoms with Gasteiger partial charge in [0.25, 0.3) is 5.91 Å². The maximum atomic E-state index is 13.6. The Morgan fingerprint density at radius 1 is 1.20 bits per heavy atom. The summed E-state index contributed by atoms with van der Waals surface area (Å²) in [5.41, 5.74) is 4.45. The maximum absolute atomic E-state index is 13.6. The smallest absolute Gasteiger partial charge is 0.280 e. The summed E-state index contributed by atoms with van der Waals surface area (Å²) in [4.78, 5) is 24.7. The third-order valence-corrected chi connectivity index (χ3v) is 10.4. The monoisotopic (exact) mass is 599 g/mol. The van der Waals surface area contributed by atoms with Crippen LogP contribution in [-0.4, -0.2) is 68.7 Å². The number of nitrogens with zero attached hydrogens (tertiary/aromatic N) is 5. The van der Waals surface area contributed by atoms with E-state index in [9.17, 15) is 9.00 Å². The van der Waals surface area contributed by atoms with Crippen molar-refractivity contribution >= 4 is 50.6 Å². The lowest BCUT2D eigenvalue weighted by Gasteiger charge is -2.31. The van der Waals surface area contributed by atoms with Crippen LogP contribution in [0.3, 0.4) is 0 Å². The van der Waals surface area contributed by atoms with Crippen molar-refractivity contribution in [2.24, 2.45) is 18.0 Å². The fourth-order valence-electron chi connectivity index (χ4n) is 5.41. The van der Waals surface area contributed by atoms with Gasteiger partial charge in [0.1, 0.15) is 0 Å². The number of aliphatic imine (C=N–C) groups is 1. The van der Waals surface area contributed by atoms with Crippen LogP contribution in [0.2, 0.25) is 5.02 Å². The Balaban J connectivity index is 1.40. The van der Waals surface area contributed by atoms with Gasteiger partial charge in [0.05, 0.1) is 59.4 Å². The Labute approximate surface area is 244 Å². The van der Waals surface area contributed by atoms with Crippen LogP contribution in [0.15, 0.2) is 35.5 Å². The van der Waals surface area contributed by atoms with Gasteiger partial charge in [-0.15, -0.1) is 0 Å². The van der Waals surface area contributed by atoms with E-state index >= 15 is 0 Å². The van der Waals surface area contributed by atoms with E-state index < -0.39 is 16.0 Å². The number of rotatable bonds is 2. The molecule has 13 heteroatoms. The molecule has 1 atom stereocenters. The molecule has 1 aromatic carbocycles. The van der Waals surface area contributed by atoms with Gasteiger partial charge in [0, 0.05) is 36.4 Å². The number of anilines is 3. The number of amides is 1. The first-order chi connectivity index (χ1) is 19.7. The molecule has 5 heterocycles. The second-order valence-electron chi connectivity index (χ2n) is 10.8. The summed E-state index contributed by atoms with van der Waals surface area (Å²) in [7, 11) is -0.840. The minimum absolute atomic E-state index is 0.217. The summed E-state index contributed by atoms with van der Waals surface area (Å²) in [6.45, 7) is 5.99. The lowest BCUT2D eigenvalue weighted by atomic mass is 10.1. The lowest BCUT2D eigenvalue weighted by molar-refractivity contribution is 0.100. The van der Waals surface area contributed by atoms with Crippen LogP contribution in [0.5, 0.6) is 5.88 Å². The molecule has 41 heavy (non-hydrogen) atoms. The molecule has 3 aromatic rings. The number of hydrogen-bond donors (Lipinski definition) is 3. The largest absolute Gasteiger partial charge is 0.477 e. The summed E-state index contributed by atoms with van der Waals surface area (Å²) < 4.78 is 29.9. The van der Waals surface area contributed by atoms with Crippen LogP contribution < -0.4 is 19.7 Å². The second-order valence-corrected chi connectivity index (χ2v) is 14.1. The zero-order chi connectivity index (χ0) is 28.7. The second kappa shape index (κ2) is 11.1. The van der Waals surface area contributed by atoms with Gasteiger partial charge in [0.2, 0.25) is 11.8 Å². The van der Waals surface area contributed by atoms with Gasteiger partial charge >= 0.3 is 0 Å². The fraction of sp³-hybridized carbons (Fsp3) is 0.429. The molecule has 3 aliphatic heterocycles. The molecule has 2 aromatic heterocycles. The van der Waals surface area contributed by atoms with Crippen molar-refractivity contribution < 1.29 is 18.5 Å². The average Bonchev–Trinajstić information content (AvgIpc) is 3.47. The summed E-state index contributed by atoms with van der Waals surface area (Å²) in [6, 6.07) is 7.15. The number of carbonyl (C=O) groups is 1. The molecular weight excluding hydrogens is 566 g/mol. The quantitative estimate of drug-likeness (QED) is 0.377. The van der Waals surface area contributed by atoms with Gasteiger partial charge < -0.3 is 24.4 Å². The number of aryl methyl sites for hydroxylation is 2. The number of thiol groups is 1. The van der Waals surface area contributed by atoms with Crippen molar-refractivity contribution in [3.8, 4) is 17.1 Å². The number of ether oxygens (including phenoxy) is 2. The van der Waals surface area contributed by atoms with Crippen molar-refractivity contribution in [2.45, 2.75) is 26.7 Å². The van der Waals surface area contributed by atoms with Gasteiger partial charge in [-0.05, 0) is 60.1 Å². The highest BCUT2D eigenvalue weighted by atomic mass is 35.5. The molecular formula is C28H34ClN7O4S. The van der Waals surface area contributed by atoms with Gasteiger partial charge in [-0.3, -0.25) is 14.0 Å². The molecule has 3 aliphatic rings. The Bertz CT molecular complexity index is 1580. The Morgan fingerprint density at radius 2 is 2.00 bits per heavy atom. The SMILES string of the molecule is Cc1cc2cc(n1)-c1cnn(C)c1OCCC[C@@H](C)CN1/C(=N/C2=O)Nc2ccc(N[SH]3(=O)CCOCC3)c(Cl)c21. The van der Waals surface area contributed by atoms with Crippen LogP contribution in [0.25, 0.3) is 11.3 Å². The summed E-state index contributed by atoms with van der Waals surface area (Å²) in [5.74, 6) is 1.73. The molecule has 1 fully saturated rings. The average molecular weight is 600 g/mol. The molecule has 0 saturated carbocycles. The Morgan fingerprint density at radius 3 is 2.80 bits per heavy atom. The number of hydrogen-bond acceptors (Lipinski definition) is 8. The summed E-state index contributed by atoms with van der Waals surface area (Å²) >= 11 is 6.99. The van der Waals surface area contributed by atoms with Crippen molar-refractivity contribution in [3.05, 3.63) is 46.7 Å². The third-order valence-electron chi connectivity index (χ3n) is 7.55. The molecule has 0 aliphatic carbocycles. The first-order valence-electron chi connectivity index (χ1n) is 13.8. The predicted octanol–water partition coefficient (Wildman–Crippen LogP) is 4.05. The van der Waals surface area contributed by atoms with E-state index in [2.05, 4.69) is 32.0 Å².